The van der Waals surface area contributed by atoms with Gasteiger partial charge >= 0.3 is 6.09 Å². The molecule has 4 aliphatic rings. The summed E-state index contributed by atoms with van der Waals surface area (Å²) in [5.74, 6) is 0.300. The minimum Gasteiger partial charge on any atom is -0.449 e. The van der Waals surface area contributed by atoms with Gasteiger partial charge in [0.05, 0.1) is 0 Å². The molecule has 166 valence electrons. The van der Waals surface area contributed by atoms with Crippen LogP contribution in [-0.4, -0.2) is 69.5 Å². The standard InChI is InChI=1S/C21H31N3O6/c1-27-15-7-11(8-16(28-2)20(15)30-21(22)26)18-19-13(9-17(24-18)29-10-25)12-5-3-4-6-14(12)23-19/h5,7,10,13-20,23-24H,3-4,6,8-9H2,1-2H3,(H2,22,26)/t13?,14?,15?,16?,17?,18-,19?,20?/m1/s1. The summed E-state index contributed by atoms with van der Waals surface area (Å²) in [4.78, 5) is 22.4. The topological polar surface area (TPSA) is 121 Å². The van der Waals surface area contributed by atoms with Crippen LogP contribution in [0.2, 0.25) is 0 Å². The van der Waals surface area contributed by atoms with Gasteiger partial charge in [0.1, 0.15) is 12.2 Å². The van der Waals surface area contributed by atoms with Crippen LogP contribution < -0.4 is 16.4 Å². The molecule has 9 heteroatoms. The molecular formula is C21H31N3O6. The Hall–Kier alpha value is -1.94. The van der Waals surface area contributed by atoms with Crippen molar-refractivity contribution in [3.63, 3.8) is 0 Å². The van der Waals surface area contributed by atoms with E-state index in [-0.39, 0.29) is 18.3 Å². The van der Waals surface area contributed by atoms with Crippen molar-refractivity contribution in [2.45, 2.75) is 74.8 Å². The fourth-order valence-corrected chi connectivity index (χ4v) is 5.62. The molecule has 7 unspecified atom stereocenters. The summed E-state index contributed by atoms with van der Waals surface area (Å²) in [7, 11) is 3.15. The van der Waals surface area contributed by atoms with Crippen LogP contribution in [0.15, 0.2) is 23.3 Å². The van der Waals surface area contributed by atoms with E-state index in [1.807, 2.05) is 6.08 Å². The van der Waals surface area contributed by atoms with Crippen LogP contribution in [0.1, 0.15) is 32.1 Å². The van der Waals surface area contributed by atoms with Gasteiger partial charge in [0.2, 0.25) is 0 Å². The molecule has 0 aromatic carbocycles. The number of rotatable bonds is 6. The van der Waals surface area contributed by atoms with E-state index in [1.54, 1.807) is 14.2 Å². The highest BCUT2D eigenvalue weighted by molar-refractivity contribution is 5.65. The molecule has 8 atom stereocenters. The monoisotopic (exact) mass is 421 g/mol. The number of primary amides is 1. The Morgan fingerprint density at radius 2 is 2.10 bits per heavy atom. The lowest BCUT2D eigenvalue weighted by molar-refractivity contribution is -0.137. The molecule has 2 saturated heterocycles. The molecule has 4 rings (SSSR count). The molecular weight excluding hydrogens is 390 g/mol. The third-order valence-corrected chi connectivity index (χ3v) is 6.88. The van der Waals surface area contributed by atoms with E-state index >= 15 is 0 Å². The first kappa shape index (κ1) is 21.3. The number of methoxy groups -OCH3 is 2. The minimum absolute atomic E-state index is 0.0648. The maximum Gasteiger partial charge on any atom is 0.404 e. The first-order valence-corrected chi connectivity index (χ1v) is 10.6. The van der Waals surface area contributed by atoms with Crippen molar-refractivity contribution in [2.24, 2.45) is 11.7 Å². The number of carbonyl (C=O) groups excluding carboxylic acids is 2. The van der Waals surface area contributed by atoms with Crippen LogP contribution in [0.4, 0.5) is 4.79 Å². The molecule has 9 nitrogen and oxygen atoms in total. The predicted octanol–water partition coefficient (Wildman–Crippen LogP) is 0.738. The van der Waals surface area contributed by atoms with Gasteiger partial charge in [-0.3, -0.25) is 10.1 Å². The van der Waals surface area contributed by atoms with Crippen LogP contribution in [0, 0.1) is 5.92 Å². The number of piperidine rings is 1. The maximum atomic E-state index is 11.4. The highest BCUT2D eigenvalue weighted by atomic mass is 16.6. The van der Waals surface area contributed by atoms with Crippen LogP contribution >= 0.6 is 0 Å². The van der Waals surface area contributed by atoms with Crippen molar-refractivity contribution in [2.75, 3.05) is 14.2 Å². The number of carbonyl (C=O) groups is 2. The van der Waals surface area contributed by atoms with Crippen LogP contribution in [0.25, 0.3) is 0 Å². The van der Waals surface area contributed by atoms with Gasteiger partial charge in [-0.15, -0.1) is 0 Å². The summed E-state index contributed by atoms with van der Waals surface area (Å²) >= 11 is 0. The number of nitrogens with two attached hydrogens (primary N) is 1. The number of nitrogens with one attached hydrogen (secondary N) is 2. The van der Waals surface area contributed by atoms with Crippen molar-refractivity contribution in [3.8, 4) is 0 Å². The Morgan fingerprint density at radius 1 is 1.27 bits per heavy atom. The number of hydrogen-bond donors (Lipinski definition) is 3. The van der Waals surface area contributed by atoms with Gasteiger partial charge in [0.25, 0.3) is 6.47 Å². The number of hydrogen-bond acceptors (Lipinski definition) is 8. The molecule has 2 aliphatic carbocycles. The quantitative estimate of drug-likeness (QED) is 0.424. The summed E-state index contributed by atoms with van der Waals surface area (Å²) in [5.41, 5.74) is 7.77. The zero-order valence-electron chi connectivity index (χ0n) is 17.4. The molecule has 0 bridgehead atoms. The van der Waals surface area contributed by atoms with E-state index in [0.29, 0.717) is 24.9 Å². The maximum absolute atomic E-state index is 11.4. The van der Waals surface area contributed by atoms with Crippen molar-refractivity contribution in [3.05, 3.63) is 23.3 Å². The SMILES string of the molecule is COC1C=C([C@H]2NC(OC=O)CC3C4=CCCCC4NC32)CC(OC)C1OC(N)=O. The van der Waals surface area contributed by atoms with Crippen molar-refractivity contribution in [1.82, 2.24) is 10.6 Å². The van der Waals surface area contributed by atoms with E-state index in [1.165, 1.54) is 12.0 Å². The van der Waals surface area contributed by atoms with Crippen molar-refractivity contribution < 1.29 is 28.5 Å². The summed E-state index contributed by atoms with van der Waals surface area (Å²) < 4.78 is 21.9. The summed E-state index contributed by atoms with van der Waals surface area (Å²) in [6, 6.07) is 0.491. The normalized spacial score (nSPS) is 40.5. The lowest BCUT2D eigenvalue weighted by atomic mass is 9.76. The molecule has 30 heavy (non-hydrogen) atoms. The molecule has 0 saturated carbocycles. The Kier molecular flexibility index (Phi) is 6.43. The van der Waals surface area contributed by atoms with Crippen LogP contribution in [-0.2, 0) is 23.7 Å². The molecule has 0 aromatic rings. The van der Waals surface area contributed by atoms with E-state index in [4.69, 9.17) is 24.7 Å². The Bertz CT molecular complexity index is 726. The van der Waals surface area contributed by atoms with Gasteiger partial charge in [0.15, 0.2) is 12.3 Å². The third-order valence-electron chi connectivity index (χ3n) is 6.88. The molecule has 2 aliphatic heterocycles. The van der Waals surface area contributed by atoms with Crippen LogP contribution in [0.3, 0.4) is 0 Å². The molecule has 2 heterocycles. The smallest absolute Gasteiger partial charge is 0.404 e. The second-order valence-corrected chi connectivity index (χ2v) is 8.41. The average Bonchev–Trinajstić information content (AvgIpc) is 3.12. The molecule has 0 aromatic heterocycles. The Morgan fingerprint density at radius 3 is 2.80 bits per heavy atom. The Labute approximate surface area is 176 Å². The molecule has 2 fully saturated rings. The zero-order chi connectivity index (χ0) is 21.3. The number of fused-ring (bicyclic) bond motifs is 3. The van der Waals surface area contributed by atoms with Gasteiger partial charge in [0, 0.05) is 44.7 Å². The van der Waals surface area contributed by atoms with E-state index in [9.17, 15) is 9.59 Å². The lowest BCUT2D eigenvalue weighted by Crippen LogP contribution is -2.60. The van der Waals surface area contributed by atoms with Gasteiger partial charge in [-0.2, -0.15) is 0 Å². The first-order chi connectivity index (χ1) is 14.5. The summed E-state index contributed by atoms with van der Waals surface area (Å²) in [6.07, 6.45) is 6.33. The zero-order valence-corrected chi connectivity index (χ0v) is 17.4. The van der Waals surface area contributed by atoms with Crippen LogP contribution in [0.5, 0.6) is 0 Å². The lowest BCUT2D eigenvalue weighted by Gasteiger charge is -2.43. The molecule has 0 spiro atoms. The van der Waals surface area contributed by atoms with Gasteiger partial charge in [-0.05, 0) is 25.7 Å². The van der Waals surface area contributed by atoms with Gasteiger partial charge in [-0.1, -0.05) is 23.3 Å². The predicted molar refractivity (Wildman–Crippen MR) is 107 cm³/mol. The molecule has 0 radical (unpaired) electrons. The second kappa shape index (κ2) is 9.05. The average molecular weight is 421 g/mol. The van der Waals surface area contributed by atoms with Gasteiger partial charge < -0.3 is 30.0 Å². The third kappa shape index (κ3) is 3.99. The largest absolute Gasteiger partial charge is 0.449 e. The fourth-order valence-electron chi connectivity index (χ4n) is 5.62. The minimum atomic E-state index is -0.857. The van der Waals surface area contributed by atoms with Gasteiger partial charge in [-0.25, -0.2) is 4.79 Å². The summed E-state index contributed by atoms with van der Waals surface area (Å²) in [6.45, 7) is 0.506. The fraction of sp³-hybridized carbons (Fsp3) is 0.714. The highest BCUT2D eigenvalue weighted by Crippen LogP contribution is 2.42. The van der Waals surface area contributed by atoms with Crippen molar-refractivity contribution >= 4 is 12.6 Å². The van der Waals surface area contributed by atoms with E-state index in [0.717, 1.165) is 24.8 Å². The second-order valence-electron chi connectivity index (χ2n) is 8.41. The highest BCUT2D eigenvalue weighted by Gasteiger charge is 2.50. The molecule has 1 amide bonds. The summed E-state index contributed by atoms with van der Waals surface area (Å²) in [5, 5.41) is 7.31. The van der Waals surface area contributed by atoms with E-state index < -0.39 is 24.4 Å². The number of allylic oxidation sites excluding steroid dienone is 1. The Balaban J connectivity index is 1.64. The number of ether oxygens (including phenoxy) is 4. The first-order valence-electron chi connectivity index (χ1n) is 10.6. The van der Waals surface area contributed by atoms with E-state index in [2.05, 4.69) is 16.7 Å². The van der Waals surface area contributed by atoms with Crippen molar-refractivity contribution in [1.29, 1.82) is 0 Å². The number of amides is 1. The molecule has 4 N–H and O–H groups in total.